The Bertz CT molecular complexity index is 1250. The zero-order valence-corrected chi connectivity index (χ0v) is 17.7. The predicted molar refractivity (Wildman–Crippen MR) is 122 cm³/mol. The molecule has 0 unspecified atom stereocenters. The molecule has 4 aromatic rings. The van der Waals surface area contributed by atoms with Crippen LogP contribution in [0.25, 0.3) is 33.6 Å². The maximum Gasteiger partial charge on any atom is 0.232 e. The molecule has 2 N–H and O–H groups in total. The second kappa shape index (κ2) is 8.39. The van der Waals surface area contributed by atoms with Gasteiger partial charge in [0.2, 0.25) is 11.6 Å². The van der Waals surface area contributed by atoms with Gasteiger partial charge >= 0.3 is 0 Å². The van der Waals surface area contributed by atoms with Gasteiger partial charge in [-0.3, -0.25) is 4.79 Å². The normalized spacial score (nSPS) is 14.6. The molecule has 0 aliphatic carbocycles. The van der Waals surface area contributed by atoms with Crippen molar-refractivity contribution in [2.45, 2.75) is 25.9 Å². The van der Waals surface area contributed by atoms with Gasteiger partial charge in [-0.05, 0) is 30.5 Å². The molecule has 162 valence electrons. The predicted octanol–water partition coefficient (Wildman–Crippen LogP) is 3.87. The van der Waals surface area contributed by atoms with Gasteiger partial charge in [0.25, 0.3) is 0 Å². The summed E-state index contributed by atoms with van der Waals surface area (Å²) in [7, 11) is 0. The summed E-state index contributed by atoms with van der Waals surface area (Å²) < 4.78 is 6.26. The monoisotopic (exact) mass is 429 g/mol. The minimum atomic E-state index is -0.273. The molecule has 1 aliphatic heterocycles. The number of carbonyl (C=O) groups excluding carboxylic acids is 1. The third-order valence-corrected chi connectivity index (χ3v) is 5.62. The van der Waals surface area contributed by atoms with Crippen LogP contribution in [-0.2, 0) is 4.79 Å². The van der Waals surface area contributed by atoms with Crippen molar-refractivity contribution in [1.29, 1.82) is 0 Å². The minimum Gasteiger partial charge on any atom is -0.437 e. The Morgan fingerprint density at radius 1 is 1.06 bits per heavy atom. The van der Waals surface area contributed by atoms with Gasteiger partial charge in [-0.15, -0.1) is 0 Å². The van der Waals surface area contributed by atoms with E-state index in [1.54, 1.807) is 12.3 Å². The van der Waals surface area contributed by atoms with E-state index in [1.807, 2.05) is 36.4 Å². The summed E-state index contributed by atoms with van der Waals surface area (Å²) >= 11 is 0. The topological polar surface area (TPSA) is 104 Å². The van der Waals surface area contributed by atoms with Crippen molar-refractivity contribution in [3.8, 4) is 22.5 Å². The Morgan fingerprint density at radius 3 is 2.53 bits per heavy atom. The number of benzene rings is 1. The largest absolute Gasteiger partial charge is 0.437 e. The molecule has 8 nitrogen and oxygen atoms in total. The van der Waals surface area contributed by atoms with Crippen molar-refractivity contribution in [1.82, 2.24) is 15.0 Å². The standard InChI is InChI=1S/C24H23N5O3/c1-15(30)28-19-8-7-17(13-25-19)22-20(16-5-3-2-4-6-16)21-23(26-14-27-24(21)32-22)29-11-9-18(31)10-12-29/h2-8,13-14,18,31H,9-12H2,1H3,(H,25,28,30). The third-order valence-electron chi connectivity index (χ3n) is 5.62. The van der Waals surface area contributed by atoms with E-state index in [2.05, 4.69) is 25.2 Å². The second-order valence-electron chi connectivity index (χ2n) is 7.88. The maximum absolute atomic E-state index is 11.3. The van der Waals surface area contributed by atoms with E-state index in [0.717, 1.165) is 41.0 Å². The van der Waals surface area contributed by atoms with Crippen LogP contribution in [0.5, 0.6) is 0 Å². The van der Waals surface area contributed by atoms with Crippen molar-refractivity contribution in [3.05, 3.63) is 55.0 Å². The van der Waals surface area contributed by atoms with Crippen LogP contribution < -0.4 is 10.2 Å². The summed E-state index contributed by atoms with van der Waals surface area (Å²) in [6.07, 6.45) is 4.32. The minimum absolute atomic E-state index is 0.175. The lowest BCUT2D eigenvalue weighted by Crippen LogP contribution is -2.36. The van der Waals surface area contributed by atoms with Crippen LogP contribution in [0.3, 0.4) is 0 Å². The van der Waals surface area contributed by atoms with Gasteiger partial charge in [-0.1, -0.05) is 30.3 Å². The number of aliphatic hydroxyl groups is 1. The molecule has 1 aromatic carbocycles. The highest BCUT2D eigenvalue weighted by Gasteiger charge is 2.26. The number of fused-ring (bicyclic) bond motifs is 1. The highest BCUT2D eigenvalue weighted by Crippen LogP contribution is 2.43. The Labute approximate surface area is 184 Å². The van der Waals surface area contributed by atoms with Crippen molar-refractivity contribution in [3.63, 3.8) is 0 Å². The number of hydrogen-bond acceptors (Lipinski definition) is 7. The van der Waals surface area contributed by atoms with Crippen molar-refractivity contribution < 1.29 is 14.3 Å². The van der Waals surface area contributed by atoms with E-state index in [0.29, 0.717) is 30.1 Å². The molecule has 32 heavy (non-hydrogen) atoms. The molecule has 1 saturated heterocycles. The number of pyridine rings is 1. The number of amides is 1. The van der Waals surface area contributed by atoms with Gasteiger partial charge < -0.3 is 19.7 Å². The summed E-state index contributed by atoms with van der Waals surface area (Å²) in [6, 6.07) is 13.6. The van der Waals surface area contributed by atoms with Crippen LogP contribution in [0.4, 0.5) is 11.6 Å². The summed E-state index contributed by atoms with van der Waals surface area (Å²) in [5.41, 5.74) is 3.16. The zero-order chi connectivity index (χ0) is 22.1. The summed E-state index contributed by atoms with van der Waals surface area (Å²) in [4.78, 5) is 26.9. The van der Waals surface area contributed by atoms with Crippen molar-refractivity contribution in [2.24, 2.45) is 0 Å². The summed E-state index contributed by atoms with van der Waals surface area (Å²) in [6.45, 7) is 2.88. The lowest BCUT2D eigenvalue weighted by Gasteiger charge is -2.30. The van der Waals surface area contributed by atoms with Gasteiger partial charge in [0.15, 0.2) is 0 Å². The smallest absolute Gasteiger partial charge is 0.232 e. The Hall–Kier alpha value is -3.78. The molecular formula is C24H23N5O3. The number of rotatable bonds is 4. The second-order valence-corrected chi connectivity index (χ2v) is 7.88. The SMILES string of the molecule is CC(=O)Nc1ccc(-c2oc3ncnc(N4CCC(O)CC4)c3c2-c2ccccc2)cn1. The molecule has 1 aliphatic rings. The van der Waals surface area contributed by atoms with Gasteiger partial charge in [0.1, 0.15) is 23.7 Å². The van der Waals surface area contributed by atoms with Crippen LogP contribution >= 0.6 is 0 Å². The van der Waals surface area contributed by atoms with Crippen LogP contribution in [0.1, 0.15) is 19.8 Å². The van der Waals surface area contributed by atoms with Crippen molar-refractivity contribution >= 4 is 28.6 Å². The Morgan fingerprint density at radius 2 is 1.84 bits per heavy atom. The van der Waals surface area contributed by atoms with E-state index >= 15 is 0 Å². The fourth-order valence-corrected chi connectivity index (χ4v) is 4.10. The first kappa shape index (κ1) is 20.1. The van der Waals surface area contributed by atoms with Crippen molar-refractivity contribution in [2.75, 3.05) is 23.3 Å². The van der Waals surface area contributed by atoms with Gasteiger partial charge in [-0.25, -0.2) is 15.0 Å². The van der Waals surface area contributed by atoms with Crippen LogP contribution in [0.2, 0.25) is 0 Å². The van der Waals surface area contributed by atoms with E-state index in [4.69, 9.17) is 4.42 Å². The molecular weight excluding hydrogens is 406 g/mol. The maximum atomic E-state index is 11.3. The first-order valence-corrected chi connectivity index (χ1v) is 10.6. The molecule has 5 rings (SSSR count). The molecule has 0 bridgehead atoms. The van der Waals surface area contributed by atoms with Gasteiger partial charge in [0, 0.05) is 37.3 Å². The number of anilines is 2. The molecule has 8 heteroatoms. The lowest BCUT2D eigenvalue weighted by molar-refractivity contribution is -0.114. The van der Waals surface area contributed by atoms with E-state index in [-0.39, 0.29) is 12.0 Å². The number of nitrogens with zero attached hydrogens (tertiary/aromatic N) is 4. The average Bonchev–Trinajstić information content (AvgIpc) is 3.20. The molecule has 0 atom stereocenters. The molecule has 0 radical (unpaired) electrons. The van der Waals surface area contributed by atoms with Crippen LogP contribution in [0.15, 0.2) is 59.4 Å². The average molecular weight is 429 g/mol. The molecule has 0 spiro atoms. The van der Waals surface area contributed by atoms with E-state index in [1.165, 1.54) is 13.3 Å². The summed E-state index contributed by atoms with van der Waals surface area (Å²) in [5.74, 6) is 1.75. The number of furan rings is 1. The first-order chi connectivity index (χ1) is 15.6. The third kappa shape index (κ3) is 3.80. The van der Waals surface area contributed by atoms with E-state index < -0.39 is 0 Å². The van der Waals surface area contributed by atoms with Gasteiger partial charge in [0.05, 0.1) is 11.5 Å². The highest BCUT2D eigenvalue weighted by atomic mass is 16.3. The van der Waals surface area contributed by atoms with Gasteiger partial charge in [-0.2, -0.15) is 0 Å². The molecule has 0 saturated carbocycles. The van der Waals surface area contributed by atoms with Crippen LogP contribution in [-0.4, -0.2) is 45.2 Å². The quantitative estimate of drug-likeness (QED) is 0.507. The van der Waals surface area contributed by atoms with E-state index in [9.17, 15) is 9.90 Å². The number of aliphatic hydroxyl groups excluding tert-OH is 1. The molecule has 1 amide bonds. The number of aromatic nitrogens is 3. The Kier molecular flexibility index (Phi) is 5.28. The molecule has 4 heterocycles. The molecule has 1 fully saturated rings. The zero-order valence-electron chi connectivity index (χ0n) is 17.7. The highest BCUT2D eigenvalue weighted by molar-refractivity contribution is 6.06. The first-order valence-electron chi connectivity index (χ1n) is 10.6. The number of nitrogens with one attached hydrogen (secondary N) is 1. The fourth-order valence-electron chi connectivity index (χ4n) is 4.10. The fraction of sp³-hybridized carbons (Fsp3) is 0.250. The number of piperidine rings is 1. The summed E-state index contributed by atoms with van der Waals surface area (Å²) in [5, 5.41) is 13.5. The number of hydrogen-bond donors (Lipinski definition) is 2. The molecule has 3 aromatic heterocycles. The Balaban J connectivity index is 1.68. The van der Waals surface area contributed by atoms with Crippen LogP contribution in [0, 0.1) is 0 Å². The lowest BCUT2D eigenvalue weighted by atomic mass is 9.99. The number of carbonyl (C=O) groups is 1.